The lowest BCUT2D eigenvalue weighted by molar-refractivity contribution is 0.417. The molecule has 0 aromatic heterocycles. The molecule has 96 valence electrons. The van der Waals surface area contributed by atoms with Crippen molar-refractivity contribution in [2.24, 2.45) is 23.7 Å². The van der Waals surface area contributed by atoms with Crippen LogP contribution >= 0.6 is 0 Å². The molecule has 4 unspecified atom stereocenters. The van der Waals surface area contributed by atoms with E-state index in [9.17, 15) is 0 Å². The van der Waals surface area contributed by atoms with Gasteiger partial charge in [0, 0.05) is 6.04 Å². The van der Waals surface area contributed by atoms with E-state index in [-0.39, 0.29) is 0 Å². The van der Waals surface area contributed by atoms with Gasteiger partial charge in [-0.1, -0.05) is 6.07 Å². The van der Waals surface area contributed by atoms with Crippen LogP contribution in [0.5, 0.6) is 5.75 Å². The van der Waals surface area contributed by atoms with E-state index in [1.807, 2.05) is 12.1 Å². The van der Waals surface area contributed by atoms with Gasteiger partial charge >= 0.3 is 0 Å². The summed E-state index contributed by atoms with van der Waals surface area (Å²) in [5, 5.41) is 3.66. The molecule has 4 atom stereocenters. The van der Waals surface area contributed by atoms with Crippen LogP contribution in [0, 0.1) is 23.7 Å². The number of anilines is 2. The van der Waals surface area contributed by atoms with Crippen LogP contribution in [0.3, 0.4) is 0 Å². The molecule has 0 saturated heterocycles. The number of fused-ring (bicyclic) bond motifs is 5. The minimum Gasteiger partial charge on any atom is -0.495 e. The summed E-state index contributed by atoms with van der Waals surface area (Å²) in [5.41, 5.74) is 7.91. The fraction of sp³-hybridized carbons (Fsp3) is 0.600. The van der Waals surface area contributed by atoms with E-state index in [0.717, 1.165) is 40.8 Å². The Bertz CT molecular complexity index is 471. The van der Waals surface area contributed by atoms with E-state index in [2.05, 4.69) is 11.4 Å². The summed E-state index contributed by atoms with van der Waals surface area (Å²) in [6.45, 7) is 0. The molecule has 3 aliphatic carbocycles. The first-order chi connectivity index (χ1) is 8.79. The standard InChI is InChI=1S/C15H20N2O/c1-18-11-4-2-3-10(14(11)16)17-15-12-8-5-6-9(7-8)13(12)15/h2-4,8-9,12-13,15,17H,5-7,16H2,1H3. The largest absolute Gasteiger partial charge is 0.495 e. The number of ether oxygens (including phenoxy) is 1. The minimum atomic E-state index is 0.672. The van der Waals surface area contributed by atoms with E-state index in [1.165, 1.54) is 19.3 Å². The fourth-order valence-electron chi connectivity index (χ4n) is 4.55. The second-order valence-electron chi connectivity index (χ2n) is 6.08. The van der Waals surface area contributed by atoms with Gasteiger partial charge in [0.1, 0.15) is 5.75 Å². The number of nitrogens with one attached hydrogen (secondary N) is 1. The molecular weight excluding hydrogens is 224 g/mol. The molecule has 3 saturated carbocycles. The molecular formula is C15H20N2O. The van der Waals surface area contributed by atoms with Gasteiger partial charge in [-0.15, -0.1) is 0 Å². The third kappa shape index (κ3) is 1.30. The molecule has 0 radical (unpaired) electrons. The van der Waals surface area contributed by atoms with Crippen molar-refractivity contribution in [1.29, 1.82) is 0 Å². The van der Waals surface area contributed by atoms with Gasteiger partial charge in [0.15, 0.2) is 0 Å². The molecule has 4 rings (SSSR count). The third-order valence-electron chi connectivity index (χ3n) is 5.34. The third-order valence-corrected chi connectivity index (χ3v) is 5.34. The smallest absolute Gasteiger partial charge is 0.143 e. The maximum absolute atomic E-state index is 6.12. The summed E-state index contributed by atoms with van der Waals surface area (Å²) in [5.74, 6) is 4.60. The van der Waals surface area contributed by atoms with Gasteiger partial charge in [0.2, 0.25) is 0 Å². The van der Waals surface area contributed by atoms with Crippen LogP contribution in [0.4, 0.5) is 11.4 Å². The number of hydrogen-bond acceptors (Lipinski definition) is 3. The van der Waals surface area contributed by atoms with Crippen molar-refractivity contribution >= 4 is 11.4 Å². The number of benzene rings is 1. The minimum absolute atomic E-state index is 0.672. The Morgan fingerprint density at radius 2 is 1.94 bits per heavy atom. The molecule has 1 aromatic rings. The van der Waals surface area contributed by atoms with Crippen molar-refractivity contribution in [2.45, 2.75) is 25.3 Å². The molecule has 3 aliphatic rings. The van der Waals surface area contributed by atoms with Crippen LogP contribution in [0.2, 0.25) is 0 Å². The molecule has 0 heterocycles. The Morgan fingerprint density at radius 3 is 2.61 bits per heavy atom. The van der Waals surface area contributed by atoms with Gasteiger partial charge in [-0.3, -0.25) is 0 Å². The van der Waals surface area contributed by atoms with Crippen molar-refractivity contribution in [2.75, 3.05) is 18.2 Å². The molecule has 18 heavy (non-hydrogen) atoms. The molecule has 0 aliphatic heterocycles. The average molecular weight is 244 g/mol. The highest BCUT2D eigenvalue weighted by molar-refractivity contribution is 5.73. The summed E-state index contributed by atoms with van der Waals surface area (Å²) < 4.78 is 5.27. The monoisotopic (exact) mass is 244 g/mol. The van der Waals surface area contributed by atoms with Crippen molar-refractivity contribution in [3.05, 3.63) is 18.2 Å². The SMILES string of the molecule is COc1cccc(NC2C3C4CCC(C4)C23)c1N. The lowest BCUT2D eigenvalue weighted by Crippen LogP contribution is -2.14. The van der Waals surface area contributed by atoms with Crippen molar-refractivity contribution in [3.8, 4) is 5.75 Å². The Hall–Kier alpha value is -1.38. The summed E-state index contributed by atoms with van der Waals surface area (Å²) in [6.07, 6.45) is 4.40. The molecule has 2 bridgehead atoms. The zero-order chi connectivity index (χ0) is 12.3. The first-order valence-electron chi connectivity index (χ1n) is 6.98. The molecule has 0 amide bonds. The number of para-hydroxylation sites is 1. The highest BCUT2D eigenvalue weighted by Gasteiger charge is 2.65. The number of hydrogen-bond donors (Lipinski definition) is 2. The topological polar surface area (TPSA) is 47.3 Å². The van der Waals surface area contributed by atoms with Crippen LogP contribution < -0.4 is 15.8 Å². The van der Waals surface area contributed by atoms with Crippen molar-refractivity contribution in [3.63, 3.8) is 0 Å². The highest BCUT2D eigenvalue weighted by Crippen LogP contribution is 2.66. The Labute approximate surface area is 108 Å². The Kier molecular flexibility index (Phi) is 2.08. The maximum atomic E-state index is 6.12. The number of rotatable bonds is 3. The van der Waals surface area contributed by atoms with E-state index in [4.69, 9.17) is 10.5 Å². The number of methoxy groups -OCH3 is 1. The summed E-state index contributed by atoms with van der Waals surface area (Å²) >= 11 is 0. The predicted octanol–water partition coefficient (Wildman–Crippen LogP) is 2.73. The molecule has 3 N–H and O–H groups in total. The predicted molar refractivity (Wildman–Crippen MR) is 72.6 cm³/mol. The summed E-state index contributed by atoms with van der Waals surface area (Å²) in [6, 6.07) is 6.65. The molecule has 3 nitrogen and oxygen atoms in total. The quantitative estimate of drug-likeness (QED) is 0.804. The van der Waals surface area contributed by atoms with Crippen molar-refractivity contribution < 1.29 is 4.74 Å². The molecule has 3 heteroatoms. The van der Waals surface area contributed by atoms with Gasteiger partial charge in [0.25, 0.3) is 0 Å². The van der Waals surface area contributed by atoms with Crippen LogP contribution in [-0.4, -0.2) is 13.2 Å². The lowest BCUT2D eigenvalue weighted by atomic mass is 10.0. The molecule has 1 aromatic carbocycles. The van der Waals surface area contributed by atoms with Gasteiger partial charge < -0.3 is 15.8 Å². The molecule has 3 fully saturated rings. The molecule has 0 spiro atoms. The van der Waals surface area contributed by atoms with E-state index in [1.54, 1.807) is 7.11 Å². The summed E-state index contributed by atoms with van der Waals surface area (Å²) in [4.78, 5) is 0. The number of nitrogen functional groups attached to an aromatic ring is 1. The van der Waals surface area contributed by atoms with Gasteiger partial charge in [-0.05, 0) is 55.1 Å². The van der Waals surface area contributed by atoms with E-state index >= 15 is 0 Å². The van der Waals surface area contributed by atoms with Crippen LogP contribution in [0.25, 0.3) is 0 Å². The van der Waals surface area contributed by atoms with Crippen molar-refractivity contribution in [1.82, 2.24) is 0 Å². The fourth-order valence-corrected chi connectivity index (χ4v) is 4.55. The van der Waals surface area contributed by atoms with Gasteiger partial charge in [-0.25, -0.2) is 0 Å². The lowest BCUT2D eigenvalue weighted by Gasteiger charge is -2.15. The van der Waals surface area contributed by atoms with E-state index in [0.29, 0.717) is 6.04 Å². The van der Waals surface area contributed by atoms with Gasteiger partial charge in [0.05, 0.1) is 18.5 Å². The maximum Gasteiger partial charge on any atom is 0.143 e. The van der Waals surface area contributed by atoms with Gasteiger partial charge in [-0.2, -0.15) is 0 Å². The number of nitrogens with two attached hydrogens (primary N) is 1. The Morgan fingerprint density at radius 1 is 1.22 bits per heavy atom. The van der Waals surface area contributed by atoms with E-state index < -0.39 is 0 Å². The van der Waals surface area contributed by atoms with Crippen LogP contribution in [0.1, 0.15) is 19.3 Å². The normalized spacial score (nSPS) is 39.5. The highest BCUT2D eigenvalue weighted by atomic mass is 16.5. The summed E-state index contributed by atoms with van der Waals surface area (Å²) in [7, 11) is 1.67. The first-order valence-corrected chi connectivity index (χ1v) is 6.98. The average Bonchev–Trinajstić information content (AvgIpc) is 2.79. The zero-order valence-electron chi connectivity index (χ0n) is 10.7. The Balaban J connectivity index is 1.54. The van der Waals surface area contributed by atoms with Crippen LogP contribution in [-0.2, 0) is 0 Å². The second-order valence-corrected chi connectivity index (χ2v) is 6.08. The second kappa shape index (κ2) is 3.56. The zero-order valence-corrected chi connectivity index (χ0v) is 10.7. The van der Waals surface area contributed by atoms with Crippen LogP contribution in [0.15, 0.2) is 18.2 Å². The first kappa shape index (κ1) is 10.5.